The third-order valence-corrected chi connectivity index (χ3v) is 11.2. The number of anilines is 1. The van der Waals surface area contributed by atoms with Crippen molar-refractivity contribution in [3.63, 3.8) is 0 Å². The number of nitrogens with zero attached hydrogens (tertiary/aromatic N) is 6. The molecule has 0 saturated carbocycles. The van der Waals surface area contributed by atoms with Gasteiger partial charge in [0.25, 0.3) is 5.91 Å². The number of benzene rings is 3. The molecule has 2 atom stereocenters. The van der Waals surface area contributed by atoms with Crippen molar-refractivity contribution >= 4 is 33.4 Å². The zero-order valence-electron chi connectivity index (χ0n) is 27.6. The highest BCUT2D eigenvalue weighted by Gasteiger charge is 2.46. The van der Waals surface area contributed by atoms with Crippen LogP contribution in [0.2, 0.25) is 0 Å². The Morgan fingerprint density at radius 2 is 1.73 bits per heavy atom. The van der Waals surface area contributed by atoms with Crippen LogP contribution in [0.5, 0.6) is 11.8 Å². The molecular weight excluding hydrogens is 618 g/mol. The first kappa shape index (κ1) is 30.1. The maximum absolute atomic E-state index is 13.7. The van der Waals surface area contributed by atoms with Crippen LogP contribution in [0.4, 0.5) is 5.82 Å². The maximum atomic E-state index is 13.7. The number of carbonyl (C=O) groups is 1. The minimum absolute atomic E-state index is 0.0278. The first-order chi connectivity index (χ1) is 23.8. The van der Waals surface area contributed by atoms with E-state index in [4.69, 9.17) is 14.7 Å². The largest absolute Gasteiger partial charge is 0.508 e. The van der Waals surface area contributed by atoms with Crippen LogP contribution in [0.15, 0.2) is 65.5 Å². The fraction of sp³-hybridized carbons (Fsp3) is 0.395. The van der Waals surface area contributed by atoms with E-state index in [2.05, 4.69) is 44.0 Å². The van der Waals surface area contributed by atoms with E-state index in [0.717, 1.165) is 77.4 Å². The van der Waals surface area contributed by atoms with E-state index in [1.165, 1.54) is 12.8 Å². The van der Waals surface area contributed by atoms with Crippen molar-refractivity contribution in [2.75, 3.05) is 37.7 Å². The molecule has 11 heteroatoms. The average Bonchev–Trinajstić information content (AvgIpc) is 3.76. The van der Waals surface area contributed by atoms with Crippen LogP contribution >= 0.6 is 0 Å². The van der Waals surface area contributed by atoms with Gasteiger partial charge in [-0.2, -0.15) is 15.0 Å². The van der Waals surface area contributed by atoms with Gasteiger partial charge >= 0.3 is 11.7 Å². The normalized spacial score (nSPS) is 21.5. The number of aryl methyl sites for hydroxylation is 1. The summed E-state index contributed by atoms with van der Waals surface area (Å²) < 4.78 is 6.54. The lowest BCUT2D eigenvalue weighted by molar-refractivity contribution is 0.0634. The molecule has 5 aromatic rings. The van der Waals surface area contributed by atoms with Crippen molar-refractivity contribution in [1.29, 1.82) is 0 Å². The first-order valence-electron chi connectivity index (χ1n) is 17.4. The molecule has 49 heavy (non-hydrogen) atoms. The molecule has 0 unspecified atom stereocenters. The number of aromatic amines is 1. The molecule has 4 aliphatic rings. The summed E-state index contributed by atoms with van der Waals surface area (Å²) in [4.78, 5) is 49.2. The Balaban J connectivity index is 1.09. The lowest BCUT2D eigenvalue weighted by Gasteiger charge is -2.41. The SMILES string of the molecule is Cc1cc(C(=O)N2[C@@H]3CC[C@H]2CN(c2nc(OCC45CCCN4CCC5)nc4cc(-c5cc(O)cc6ccccc56)ccc24)C3)[nH]c(=O)n1. The van der Waals surface area contributed by atoms with Gasteiger partial charge in [0, 0.05) is 24.2 Å². The summed E-state index contributed by atoms with van der Waals surface area (Å²) >= 11 is 0. The molecule has 0 spiro atoms. The number of aromatic nitrogens is 4. The number of phenols is 1. The molecule has 0 radical (unpaired) electrons. The van der Waals surface area contributed by atoms with Gasteiger partial charge in [0.15, 0.2) is 0 Å². The Hall–Kier alpha value is -5.03. The van der Waals surface area contributed by atoms with Gasteiger partial charge in [-0.15, -0.1) is 0 Å². The summed E-state index contributed by atoms with van der Waals surface area (Å²) in [6.45, 7) is 5.74. The number of amides is 1. The Labute approximate surface area is 283 Å². The van der Waals surface area contributed by atoms with Crippen molar-refractivity contribution in [3.8, 4) is 22.9 Å². The fourth-order valence-corrected chi connectivity index (χ4v) is 9.00. The molecule has 1 amide bonds. The van der Waals surface area contributed by atoms with Crippen molar-refractivity contribution in [1.82, 2.24) is 29.7 Å². The highest BCUT2D eigenvalue weighted by Crippen LogP contribution is 2.41. The van der Waals surface area contributed by atoms with Gasteiger partial charge in [0.05, 0.1) is 23.1 Å². The van der Waals surface area contributed by atoms with E-state index in [-0.39, 0.29) is 35.0 Å². The highest BCUT2D eigenvalue weighted by molar-refractivity contribution is 6.01. The number of rotatable bonds is 6. The minimum atomic E-state index is -0.509. The Kier molecular flexibility index (Phi) is 7.08. The first-order valence-corrected chi connectivity index (χ1v) is 17.4. The van der Waals surface area contributed by atoms with Gasteiger partial charge < -0.3 is 24.6 Å². The Morgan fingerprint density at radius 3 is 2.51 bits per heavy atom. The number of piperazine rings is 1. The van der Waals surface area contributed by atoms with E-state index < -0.39 is 5.69 Å². The highest BCUT2D eigenvalue weighted by atomic mass is 16.5. The van der Waals surface area contributed by atoms with Crippen molar-refractivity contribution < 1.29 is 14.6 Å². The number of aromatic hydroxyl groups is 1. The zero-order valence-corrected chi connectivity index (χ0v) is 27.6. The molecule has 9 rings (SSSR count). The Morgan fingerprint density at radius 1 is 0.959 bits per heavy atom. The van der Waals surface area contributed by atoms with Crippen molar-refractivity contribution in [2.45, 2.75) is 63.1 Å². The van der Waals surface area contributed by atoms with Crippen LogP contribution in [0.1, 0.15) is 54.7 Å². The van der Waals surface area contributed by atoms with Crippen molar-refractivity contribution in [2.24, 2.45) is 0 Å². The second-order valence-corrected chi connectivity index (χ2v) is 14.2. The van der Waals surface area contributed by atoms with Crippen LogP contribution < -0.4 is 15.3 Å². The van der Waals surface area contributed by atoms with Crippen LogP contribution in [0.25, 0.3) is 32.8 Å². The molecule has 6 heterocycles. The standard InChI is InChI=1S/C38H39N7O4/c1-23-16-33(40-36(48)39-23)35(47)45-26-9-10-27(45)21-43(20-26)34-30-11-8-25(31-19-28(46)17-24-6-2-3-7-29(24)31)18-32(30)41-37(42-34)49-22-38-12-4-14-44(38)15-5-13-38/h2-3,6-8,11,16-19,26-27,46H,4-5,9-10,12-15,20-22H2,1H3,(H,39,40,48)/t26-,27+. The molecule has 3 aromatic carbocycles. The summed E-state index contributed by atoms with van der Waals surface area (Å²) in [7, 11) is 0. The van der Waals surface area contributed by atoms with Gasteiger partial charge in [-0.1, -0.05) is 30.3 Å². The second kappa shape index (κ2) is 11.5. The van der Waals surface area contributed by atoms with Crippen LogP contribution in [0, 0.1) is 6.92 Å². The third-order valence-electron chi connectivity index (χ3n) is 11.2. The molecule has 4 fully saturated rings. The summed E-state index contributed by atoms with van der Waals surface area (Å²) in [6.07, 6.45) is 6.38. The number of nitrogens with one attached hydrogen (secondary N) is 1. The van der Waals surface area contributed by atoms with E-state index in [1.54, 1.807) is 19.1 Å². The average molecular weight is 658 g/mol. The number of hydrogen-bond acceptors (Lipinski definition) is 9. The molecule has 2 aromatic heterocycles. The summed E-state index contributed by atoms with van der Waals surface area (Å²) in [5.41, 5.74) is 3.00. The van der Waals surface area contributed by atoms with Crippen LogP contribution in [-0.2, 0) is 0 Å². The van der Waals surface area contributed by atoms with Gasteiger partial charge in [-0.3, -0.25) is 9.69 Å². The smallest absolute Gasteiger partial charge is 0.345 e. The topological polar surface area (TPSA) is 128 Å². The molecule has 4 saturated heterocycles. The summed E-state index contributed by atoms with van der Waals surface area (Å²) in [5, 5.41) is 13.5. The van der Waals surface area contributed by atoms with Crippen LogP contribution in [0.3, 0.4) is 0 Å². The van der Waals surface area contributed by atoms with E-state index in [0.29, 0.717) is 31.4 Å². The predicted octanol–water partition coefficient (Wildman–Crippen LogP) is 5.05. The molecule has 2 bridgehead atoms. The quantitative estimate of drug-likeness (QED) is 0.258. The predicted molar refractivity (Wildman–Crippen MR) is 187 cm³/mol. The molecule has 11 nitrogen and oxygen atoms in total. The number of ether oxygens (including phenoxy) is 1. The molecule has 0 aliphatic carbocycles. The Bertz CT molecular complexity index is 2160. The molecule has 4 aliphatic heterocycles. The minimum Gasteiger partial charge on any atom is -0.508 e. The van der Waals surface area contributed by atoms with Gasteiger partial charge in [-0.05, 0) is 111 Å². The third kappa shape index (κ3) is 5.18. The van der Waals surface area contributed by atoms with Gasteiger partial charge in [0.1, 0.15) is 23.9 Å². The number of H-pyrrole nitrogens is 1. The van der Waals surface area contributed by atoms with Crippen LogP contribution in [-0.4, -0.2) is 91.2 Å². The lowest BCUT2D eigenvalue weighted by Crippen LogP contribution is -2.56. The zero-order chi connectivity index (χ0) is 33.3. The van der Waals surface area contributed by atoms with E-state index in [9.17, 15) is 14.7 Å². The van der Waals surface area contributed by atoms with Gasteiger partial charge in [0.2, 0.25) is 0 Å². The van der Waals surface area contributed by atoms with Gasteiger partial charge in [-0.25, -0.2) is 4.79 Å². The number of fused-ring (bicyclic) bond motifs is 5. The van der Waals surface area contributed by atoms with Crippen molar-refractivity contribution in [3.05, 3.63) is 82.5 Å². The number of phenolic OH excluding ortho intramolecular Hbond substituents is 1. The number of hydrogen-bond donors (Lipinski definition) is 2. The number of carbonyl (C=O) groups excluding carboxylic acids is 1. The molecule has 250 valence electrons. The summed E-state index contributed by atoms with van der Waals surface area (Å²) in [6, 6.07) is 19.8. The summed E-state index contributed by atoms with van der Waals surface area (Å²) in [5.74, 6) is 0.856. The maximum Gasteiger partial charge on any atom is 0.345 e. The monoisotopic (exact) mass is 657 g/mol. The molecule has 2 N–H and O–H groups in total. The lowest BCUT2D eigenvalue weighted by atomic mass is 9.95. The second-order valence-electron chi connectivity index (χ2n) is 14.2. The molecular formula is C38H39N7O4. The fourth-order valence-electron chi connectivity index (χ4n) is 9.00. The van der Waals surface area contributed by atoms with E-state index in [1.807, 2.05) is 29.2 Å². The van der Waals surface area contributed by atoms with E-state index >= 15 is 0 Å².